The third kappa shape index (κ3) is 2.88. The average Bonchev–Trinajstić information content (AvgIpc) is 2.68. The zero-order valence-electron chi connectivity index (χ0n) is 9.31. The molecular formula is C11H16N2O2S. The van der Waals surface area contributed by atoms with E-state index >= 15 is 0 Å². The van der Waals surface area contributed by atoms with E-state index in [9.17, 15) is 8.42 Å². The van der Waals surface area contributed by atoms with E-state index in [0.29, 0.717) is 5.69 Å². The fourth-order valence-electron chi connectivity index (χ4n) is 1.96. The Balaban J connectivity index is 2.19. The van der Waals surface area contributed by atoms with E-state index in [-0.39, 0.29) is 0 Å². The third-order valence-corrected chi connectivity index (χ3v) is 3.23. The van der Waals surface area contributed by atoms with Crippen LogP contribution < -0.4 is 9.62 Å². The number of hydrogen-bond donors (Lipinski definition) is 1. The molecule has 0 aliphatic carbocycles. The van der Waals surface area contributed by atoms with Crippen molar-refractivity contribution in [1.82, 2.24) is 0 Å². The summed E-state index contributed by atoms with van der Waals surface area (Å²) in [7, 11) is -3.19. The predicted octanol–water partition coefficient (Wildman–Crippen LogP) is 1.66. The summed E-state index contributed by atoms with van der Waals surface area (Å²) >= 11 is 0. The van der Waals surface area contributed by atoms with Crippen molar-refractivity contribution in [3.8, 4) is 0 Å². The van der Waals surface area contributed by atoms with Crippen LogP contribution in [0.5, 0.6) is 0 Å². The molecule has 1 aliphatic heterocycles. The van der Waals surface area contributed by atoms with Crippen LogP contribution >= 0.6 is 0 Å². The first-order valence-corrected chi connectivity index (χ1v) is 7.26. The predicted molar refractivity (Wildman–Crippen MR) is 66.4 cm³/mol. The highest BCUT2D eigenvalue weighted by Crippen LogP contribution is 2.23. The number of benzene rings is 1. The molecule has 0 amide bonds. The highest BCUT2D eigenvalue weighted by molar-refractivity contribution is 7.92. The fraction of sp³-hybridized carbons (Fsp3) is 0.455. The van der Waals surface area contributed by atoms with Gasteiger partial charge in [-0.05, 0) is 31.0 Å². The Hall–Kier alpha value is -1.23. The second-order valence-corrected chi connectivity index (χ2v) is 5.87. The number of anilines is 2. The monoisotopic (exact) mass is 240 g/mol. The lowest BCUT2D eigenvalue weighted by atomic mass is 10.2. The Kier molecular flexibility index (Phi) is 3.05. The van der Waals surface area contributed by atoms with Gasteiger partial charge in [-0.25, -0.2) is 8.42 Å². The maximum absolute atomic E-state index is 11.1. The molecule has 0 saturated carbocycles. The minimum absolute atomic E-state index is 0.631. The van der Waals surface area contributed by atoms with Gasteiger partial charge in [0.2, 0.25) is 10.0 Å². The van der Waals surface area contributed by atoms with E-state index in [1.807, 2.05) is 18.2 Å². The average molecular weight is 240 g/mol. The summed E-state index contributed by atoms with van der Waals surface area (Å²) in [5.41, 5.74) is 1.72. The smallest absolute Gasteiger partial charge is 0.229 e. The first-order chi connectivity index (χ1) is 7.54. The molecule has 0 spiro atoms. The first kappa shape index (κ1) is 11.3. The maximum Gasteiger partial charge on any atom is 0.229 e. The van der Waals surface area contributed by atoms with Gasteiger partial charge < -0.3 is 4.90 Å². The zero-order chi connectivity index (χ0) is 11.6. The van der Waals surface area contributed by atoms with E-state index in [4.69, 9.17) is 0 Å². The molecule has 1 saturated heterocycles. The summed E-state index contributed by atoms with van der Waals surface area (Å²) in [6.07, 6.45) is 3.59. The van der Waals surface area contributed by atoms with Crippen molar-refractivity contribution in [3.63, 3.8) is 0 Å². The second kappa shape index (κ2) is 4.33. The molecule has 0 aromatic heterocycles. The van der Waals surface area contributed by atoms with Gasteiger partial charge >= 0.3 is 0 Å². The van der Waals surface area contributed by atoms with Crippen molar-refractivity contribution in [2.45, 2.75) is 12.8 Å². The topological polar surface area (TPSA) is 49.4 Å². The van der Waals surface area contributed by atoms with Crippen molar-refractivity contribution in [2.75, 3.05) is 29.0 Å². The lowest BCUT2D eigenvalue weighted by molar-refractivity contribution is 0.607. The summed E-state index contributed by atoms with van der Waals surface area (Å²) in [5, 5.41) is 0. The zero-order valence-corrected chi connectivity index (χ0v) is 10.1. The van der Waals surface area contributed by atoms with E-state index in [1.165, 1.54) is 12.8 Å². The summed E-state index contributed by atoms with van der Waals surface area (Å²) in [6, 6.07) is 7.53. The van der Waals surface area contributed by atoms with E-state index in [1.54, 1.807) is 6.07 Å². The van der Waals surface area contributed by atoms with Gasteiger partial charge in [0, 0.05) is 18.8 Å². The number of sulfonamides is 1. The molecule has 1 aliphatic rings. The highest BCUT2D eigenvalue weighted by atomic mass is 32.2. The van der Waals surface area contributed by atoms with Crippen molar-refractivity contribution in [1.29, 1.82) is 0 Å². The van der Waals surface area contributed by atoms with Gasteiger partial charge in [0.15, 0.2) is 0 Å². The van der Waals surface area contributed by atoms with Gasteiger partial charge in [0.05, 0.1) is 11.9 Å². The van der Waals surface area contributed by atoms with Gasteiger partial charge in [-0.1, -0.05) is 6.07 Å². The van der Waals surface area contributed by atoms with Crippen LogP contribution in [0.15, 0.2) is 24.3 Å². The van der Waals surface area contributed by atoms with Crippen LogP contribution in [0.2, 0.25) is 0 Å². The highest BCUT2D eigenvalue weighted by Gasteiger charge is 2.12. The quantitative estimate of drug-likeness (QED) is 0.874. The van der Waals surface area contributed by atoms with Crippen LogP contribution in [-0.4, -0.2) is 27.8 Å². The summed E-state index contributed by atoms with van der Waals surface area (Å²) < 4.78 is 24.7. The molecule has 0 unspecified atom stereocenters. The largest absolute Gasteiger partial charge is 0.371 e. The Morgan fingerprint density at radius 3 is 2.56 bits per heavy atom. The van der Waals surface area contributed by atoms with Crippen molar-refractivity contribution < 1.29 is 8.42 Å². The maximum atomic E-state index is 11.1. The van der Waals surface area contributed by atoms with Crippen LogP contribution in [0.25, 0.3) is 0 Å². The third-order valence-electron chi connectivity index (χ3n) is 2.62. The van der Waals surface area contributed by atoms with Gasteiger partial charge in [0.1, 0.15) is 0 Å². The SMILES string of the molecule is CS(=O)(=O)Nc1cccc(N2CCCC2)c1. The van der Waals surface area contributed by atoms with Gasteiger partial charge in [0.25, 0.3) is 0 Å². The van der Waals surface area contributed by atoms with Crippen molar-refractivity contribution in [2.24, 2.45) is 0 Å². The molecular weight excluding hydrogens is 224 g/mol. The molecule has 88 valence electrons. The van der Waals surface area contributed by atoms with Gasteiger partial charge in [-0.2, -0.15) is 0 Å². The standard InChI is InChI=1S/C11H16N2O2S/c1-16(14,15)12-10-5-4-6-11(9-10)13-7-2-3-8-13/h4-6,9,12H,2-3,7-8H2,1H3. The minimum Gasteiger partial charge on any atom is -0.371 e. The molecule has 1 aromatic rings. The minimum atomic E-state index is -3.19. The van der Waals surface area contributed by atoms with Crippen LogP contribution in [-0.2, 0) is 10.0 Å². The normalized spacial score (nSPS) is 16.4. The number of hydrogen-bond acceptors (Lipinski definition) is 3. The molecule has 1 heterocycles. The van der Waals surface area contributed by atoms with Crippen LogP contribution in [0.1, 0.15) is 12.8 Å². The number of nitrogens with zero attached hydrogens (tertiary/aromatic N) is 1. The molecule has 2 rings (SSSR count). The van der Waals surface area contributed by atoms with Crippen LogP contribution in [0.4, 0.5) is 11.4 Å². The summed E-state index contributed by atoms with van der Waals surface area (Å²) in [4.78, 5) is 2.27. The number of rotatable bonds is 3. The second-order valence-electron chi connectivity index (χ2n) is 4.12. The molecule has 0 bridgehead atoms. The van der Waals surface area contributed by atoms with Crippen molar-refractivity contribution in [3.05, 3.63) is 24.3 Å². The lowest BCUT2D eigenvalue weighted by Crippen LogP contribution is -2.18. The Labute approximate surface area is 96.3 Å². The lowest BCUT2D eigenvalue weighted by Gasteiger charge is -2.18. The Morgan fingerprint density at radius 1 is 1.25 bits per heavy atom. The van der Waals surface area contributed by atoms with E-state index in [2.05, 4.69) is 9.62 Å². The first-order valence-electron chi connectivity index (χ1n) is 5.37. The molecule has 1 N–H and O–H groups in total. The van der Waals surface area contributed by atoms with E-state index in [0.717, 1.165) is 25.0 Å². The van der Waals surface area contributed by atoms with Crippen LogP contribution in [0.3, 0.4) is 0 Å². The Bertz CT molecular complexity index is 465. The molecule has 16 heavy (non-hydrogen) atoms. The summed E-state index contributed by atoms with van der Waals surface area (Å²) in [6.45, 7) is 2.12. The van der Waals surface area contributed by atoms with Gasteiger partial charge in [-0.15, -0.1) is 0 Å². The number of nitrogens with one attached hydrogen (secondary N) is 1. The molecule has 0 atom stereocenters. The van der Waals surface area contributed by atoms with Crippen molar-refractivity contribution >= 4 is 21.4 Å². The molecule has 1 aromatic carbocycles. The Morgan fingerprint density at radius 2 is 1.94 bits per heavy atom. The van der Waals surface area contributed by atoms with E-state index < -0.39 is 10.0 Å². The molecule has 1 fully saturated rings. The van der Waals surface area contributed by atoms with Crippen LogP contribution in [0, 0.1) is 0 Å². The van der Waals surface area contributed by atoms with Gasteiger partial charge in [-0.3, -0.25) is 4.72 Å². The molecule has 5 heteroatoms. The molecule has 0 radical (unpaired) electrons. The molecule has 4 nitrogen and oxygen atoms in total. The fourth-order valence-corrected chi connectivity index (χ4v) is 2.51. The summed E-state index contributed by atoms with van der Waals surface area (Å²) in [5.74, 6) is 0.